The molecule has 0 bridgehead atoms. The highest BCUT2D eigenvalue weighted by Gasteiger charge is 2.11. The summed E-state index contributed by atoms with van der Waals surface area (Å²) in [5.74, 6) is 0.0343. The van der Waals surface area contributed by atoms with E-state index in [0.717, 1.165) is 50.6 Å². The molecule has 196 valence electrons. The lowest BCUT2D eigenvalue weighted by Gasteiger charge is -2.14. The molecule has 2 aromatic rings. The van der Waals surface area contributed by atoms with Crippen LogP contribution in [0.15, 0.2) is 48.5 Å². The summed E-state index contributed by atoms with van der Waals surface area (Å²) in [7, 11) is -3.30. The second-order valence-corrected chi connectivity index (χ2v) is 10.4. The van der Waals surface area contributed by atoms with Gasteiger partial charge < -0.3 is 25.4 Å². The predicted molar refractivity (Wildman–Crippen MR) is 137 cm³/mol. The van der Waals surface area contributed by atoms with Gasteiger partial charge in [0.1, 0.15) is 5.75 Å². The van der Waals surface area contributed by atoms with E-state index >= 15 is 0 Å². The number of aliphatic hydroxyl groups excluding tert-OH is 2. The SMILES string of the molecule is O=S(=O)(Cc1ccccc1)NCCCCOCCCCCCNCC(O)c1ccc(O)c(CO)c1. The minimum Gasteiger partial charge on any atom is -0.508 e. The minimum atomic E-state index is -3.30. The van der Waals surface area contributed by atoms with E-state index in [0.29, 0.717) is 37.4 Å². The number of rotatable bonds is 19. The van der Waals surface area contributed by atoms with Crippen LogP contribution in [0.2, 0.25) is 0 Å². The molecule has 9 heteroatoms. The highest BCUT2D eigenvalue weighted by Crippen LogP contribution is 2.22. The molecule has 0 saturated heterocycles. The average Bonchev–Trinajstić information content (AvgIpc) is 2.84. The normalized spacial score (nSPS) is 12.6. The summed E-state index contributed by atoms with van der Waals surface area (Å²) in [5.41, 5.74) is 1.86. The van der Waals surface area contributed by atoms with Gasteiger partial charge >= 0.3 is 0 Å². The van der Waals surface area contributed by atoms with Crippen molar-refractivity contribution in [3.8, 4) is 5.75 Å². The van der Waals surface area contributed by atoms with Crippen molar-refractivity contribution in [2.45, 2.75) is 57.0 Å². The van der Waals surface area contributed by atoms with E-state index in [2.05, 4.69) is 10.0 Å². The highest BCUT2D eigenvalue weighted by molar-refractivity contribution is 7.88. The average molecular weight is 509 g/mol. The van der Waals surface area contributed by atoms with Crippen LogP contribution in [0.1, 0.15) is 61.3 Å². The molecule has 35 heavy (non-hydrogen) atoms. The first-order valence-corrected chi connectivity index (χ1v) is 14.0. The van der Waals surface area contributed by atoms with Crippen molar-refractivity contribution >= 4 is 10.0 Å². The maximum Gasteiger partial charge on any atom is 0.215 e. The Bertz CT molecular complexity index is 940. The zero-order valence-corrected chi connectivity index (χ0v) is 21.2. The number of nitrogens with one attached hydrogen (secondary N) is 2. The van der Waals surface area contributed by atoms with Gasteiger partial charge in [-0.3, -0.25) is 0 Å². The van der Waals surface area contributed by atoms with Crippen LogP contribution >= 0.6 is 0 Å². The van der Waals surface area contributed by atoms with Gasteiger partial charge in [-0.25, -0.2) is 13.1 Å². The molecule has 0 aliphatic rings. The molecule has 0 spiro atoms. The zero-order chi connectivity index (χ0) is 25.4. The summed E-state index contributed by atoms with van der Waals surface area (Å²) in [4.78, 5) is 0. The molecule has 0 heterocycles. The Hall–Kier alpha value is -2.01. The lowest BCUT2D eigenvalue weighted by atomic mass is 10.1. The summed E-state index contributed by atoms with van der Waals surface area (Å²) in [6.45, 7) is 2.73. The summed E-state index contributed by atoms with van der Waals surface area (Å²) in [5, 5.41) is 32.3. The quantitative estimate of drug-likeness (QED) is 0.185. The Morgan fingerprint density at radius 1 is 0.886 bits per heavy atom. The van der Waals surface area contributed by atoms with Crippen LogP contribution in [0.4, 0.5) is 0 Å². The van der Waals surface area contributed by atoms with E-state index in [4.69, 9.17) is 4.74 Å². The fraction of sp³-hybridized carbons (Fsp3) is 0.538. The summed E-state index contributed by atoms with van der Waals surface area (Å²) < 4.78 is 32.4. The van der Waals surface area contributed by atoms with E-state index in [-0.39, 0.29) is 18.1 Å². The second-order valence-electron chi connectivity index (χ2n) is 8.64. The Kier molecular flexibility index (Phi) is 13.9. The van der Waals surface area contributed by atoms with Crippen molar-refractivity contribution < 1.29 is 28.5 Å². The van der Waals surface area contributed by atoms with Crippen LogP contribution in [-0.4, -0.2) is 56.6 Å². The van der Waals surface area contributed by atoms with Gasteiger partial charge in [-0.15, -0.1) is 0 Å². The first kappa shape index (κ1) is 29.2. The predicted octanol–water partition coefficient (Wildman–Crippen LogP) is 2.98. The van der Waals surface area contributed by atoms with Gasteiger partial charge in [0, 0.05) is 31.9 Å². The summed E-state index contributed by atoms with van der Waals surface area (Å²) >= 11 is 0. The molecule has 0 saturated carbocycles. The number of hydrogen-bond acceptors (Lipinski definition) is 7. The van der Waals surface area contributed by atoms with Gasteiger partial charge in [0.05, 0.1) is 18.5 Å². The number of aliphatic hydroxyl groups is 2. The number of aromatic hydroxyl groups is 1. The van der Waals surface area contributed by atoms with Gasteiger partial charge in [0.15, 0.2) is 0 Å². The fourth-order valence-electron chi connectivity index (χ4n) is 3.61. The smallest absolute Gasteiger partial charge is 0.215 e. The minimum absolute atomic E-state index is 0.00429. The molecule has 8 nitrogen and oxygen atoms in total. The van der Waals surface area contributed by atoms with Crippen molar-refractivity contribution in [1.29, 1.82) is 0 Å². The molecule has 0 aliphatic heterocycles. The molecular weight excluding hydrogens is 468 g/mol. The monoisotopic (exact) mass is 508 g/mol. The van der Waals surface area contributed by atoms with Crippen LogP contribution in [0.3, 0.4) is 0 Å². The van der Waals surface area contributed by atoms with Crippen LogP contribution in [-0.2, 0) is 27.1 Å². The Balaban J connectivity index is 1.39. The lowest BCUT2D eigenvalue weighted by Crippen LogP contribution is -2.26. The molecule has 0 amide bonds. The number of ether oxygens (including phenoxy) is 1. The van der Waals surface area contributed by atoms with E-state index in [9.17, 15) is 23.7 Å². The Morgan fingerprint density at radius 3 is 2.31 bits per heavy atom. The molecule has 0 fully saturated rings. The third-order valence-electron chi connectivity index (χ3n) is 5.63. The van der Waals surface area contributed by atoms with Gasteiger partial charge in [0.25, 0.3) is 0 Å². The number of phenols is 1. The van der Waals surface area contributed by atoms with Gasteiger partial charge in [-0.2, -0.15) is 0 Å². The summed E-state index contributed by atoms with van der Waals surface area (Å²) in [6.07, 6.45) is 5.02. The van der Waals surface area contributed by atoms with E-state index < -0.39 is 16.1 Å². The van der Waals surface area contributed by atoms with Crippen molar-refractivity contribution in [3.63, 3.8) is 0 Å². The number of sulfonamides is 1. The van der Waals surface area contributed by atoms with Gasteiger partial charge in [-0.1, -0.05) is 49.2 Å². The maximum absolute atomic E-state index is 12.1. The Labute approximate surface area is 209 Å². The molecule has 0 radical (unpaired) electrons. The zero-order valence-electron chi connectivity index (χ0n) is 20.4. The van der Waals surface area contributed by atoms with Crippen LogP contribution in [0, 0.1) is 0 Å². The third kappa shape index (κ3) is 12.5. The van der Waals surface area contributed by atoms with E-state index in [1.807, 2.05) is 30.3 Å². The van der Waals surface area contributed by atoms with Crippen molar-refractivity contribution in [1.82, 2.24) is 10.0 Å². The largest absolute Gasteiger partial charge is 0.508 e. The molecule has 5 N–H and O–H groups in total. The van der Waals surface area contributed by atoms with Gasteiger partial charge in [0.2, 0.25) is 10.0 Å². The first-order valence-electron chi connectivity index (χ1n) is 12.3. The molecule has 2 rings (SSSR count). The van der Waals surface area contributed by atoms with Crippen molar-refractivity contribution in [2.24, 2.45) is 0 Å². The molecule has 0 aromatic heterocycles. The number of benzene rings is 2. The van der Waals surface area contributed by atoms with Crippen molar-refractivity contribution in [3.05, 3.63) is 65.2 Å². The molecule has 0 aliphatic carbocycles. The topological polar surface area (TPSA) is 128 Å². The maximum atomic E-state index is 12.1. The van der Waals surface area contributed by atoms with Gasteiger partial charge in [-0.05, 0) is 55.5 Å². The summed E-state index contributed by atoms with van der Waals surface area (Å²) in [6, 6.07) is 13.9. The standard InChI is InChI=1S/C26H40N2O6S/c29-20-24-18-23(12-13-25(24)30)26(31)19-27-14-6-1-2-8-16-34-17-9-7-15-28-35(32,33)21-22-10-4-3-5-11-22/h3-5,10-13,18,26-31H,1-2,6-9,14-17,19-21H2. The molecule has 1 unspecified atom stereocenters. The lowest BCUT2D eigenvalue weighted by molar-refractivity contribution is 0.126. The molecule has 1 atom stereocenters. The second kappa shape index (κ2) is 16.6. The van der Waals surface area contributed by atoms with Crippen LogP contribution < -0.4 is 10.0 Å². The van der Waals surface area contributed by atoms with E-state index in [1.165, 1.54) is 6.07 Å². The molecule has 2 aromatic carbocycles. The third-order valence-corrected chi connectivity index (χ3v) is 6.98. The fourth-order valence-corrected chi connectivity index (χ4v) is 4.80. The Morgan fingerprint density at radius 2 is 1.57 bits per heavy atom. The highest BCUT2D eigenvalue weighted by atomic mass is 32.2. The first-order chi connectivity index (χ1) is 16.9. The van der Waals surface area contributed by atoms with Crippen LogP contribution in [0.25, 0.3) is 0 Å². The van der Waals surface area contributed by atoms with Crippen molar-refractivity contribution in [2.75, 3.05) is 32.8 Å². The number of hydrogen-bond donors (Lipinski definition) is 5. The number of unbranched alkanes of at least 4 members (excludes halogenated alkanes) is 4. The van der Waals surface area contributed by atoms with Crippen LogP contribution in [0.5, 0.6) is 5.75 Å². The van der Waals surface area contributed by atoms with E-state index in [1.54, 1.807) is 12.1 Å². The molecular formula is C26H40N2O6S.